The van der Waals surface area contributed by atoms with Gasteiger partial charge in [-0.1, -0.05) is 34.6 Å². The van der Waals surface area contributed by atoms with Crippen LogP contribution in [0.3, 0.4) is 0 Å². The average molecular weight is 333 g/mol. The summed E-state index contributed by atoms with van der Waals surface area (Å²) in [5, 5.41) is 3.07. The minimum atomic E-state index is -0.349. The highest BCUT2D eigenvalue weighted by atomic mass is 16.4. The van der Waals surface area contributed by atoms with E-state index in [9.17, 15) is 9.59 Å². The zero-order valence-corrected chi connectivity index (χ0v) is 16.3. The topological polar surface area (TPSA) is 59.3 Å². The normalized spacial score (nSPS) is 17.6. The molecule has 0 spiro atoms. The molecule has 4 nitrogen and oxygen atoms in total. The summed E-state index contributed by atoms with van der Waals surface area (Å²) < 4.78 is 5.85. The monoisotopic (exact) mass is 333 g/mol. The van der Waals surface area contributed by atoms with Gasteiger partial charge in [0, 0.05) is 23.9 Å². The van der Waals surface area contributed by atoms with Gasteiger partial charge in [0.05, 0.1) is 5.56 Å². The number of ketones is 1. The fourth-order valence-electron chi connectivity index (χ4n) is 4.03. The Morgan fingerprint density at radius 2 is 1.75 bits per heavy atom. The molecule has 1 aliphatic rings. The molecular weight excluding hydrogens is 302 g/mol. The van der Waals surface area contributed by atoms with Crippen LogP contribution >= 0.6 is 0 Å². The van der Waals surface area contributed by atoms with E-state index in [1.807, 2.05) is 20.8 Å². The second-order valence-electron chi connectivity index (χ2n) is 9.87. The van der Waals surface area contributed by atoms with Gasteiger partial charge in [0.2, 0.25) is 0 Å². The van der Waals surface area contributed by atoms with Crippen molar-refractivity contribution in [1.29, 1.82) is 0 Å². The van der Waals surface area contributed by atoms with Crippen molar-refractivity contribution in [2.75, 3.05) is 0 Å². The van der Waals surface area contributed by atoms with E-state index >= 15 is 0 Å². The van der Waals surface area contributed by atoms with E-state index in [0.29, 0.717) is 29.7 Å². The lowest BCUT2D eigenvalue weighted by molar-refractivity contribution is 0.0849. The van der Waals surface area contributed by atoms with Gasteiger partial charge in [-0.3, -0.25) is 9.59 Å². The lowest BCUT2D eigenvalue weighted by Crippen LogP contribution is -2.45. The Hall–Kier alpha value is -1.58. The zero-order chi connectivity index (χ0) is 18.5. The molecule has 2 rings (SSSR count). The van der Waals surface area contributed by atoms with Gasteiger partial charge >= 0.3 is 0 Å². The van der Waals surface area contributed by atoms with Crippen molar-refractivity contribution in [2.45, 2.75) is 80.2 Å². The highest BCUT2D eigenvalue weighted by Crippen LogP contribution is 2.38. The van der Waals surface area contributed by atoms with Crippen molar-refractivity contribution in [3.63, 3.8) is 0 Å². The summed E-state index contributed by atoms with van der Waals surface area (Å²) in [5.41, 5.74) is 0.933. The van der Waals surface area contributed by atoms with Crippen LogP contribution in [0.4, 0.5) is 0 Å². The van der Waals surface area contributed by atoms with E-state index < -0.39 is 0 Å². The fraction of sp³-hybridized carbons (Fsp3) is 0.700. The molecule has 1 heterocycles. The molecule has 4 heteroatoms. The van der Waals surface area contributed by atoms with E-state index in [1.165, 1.54) is 0 Å². The van der Waals surface area contributed by atoms with Crippen LogP contribution in [-0.4, -0.2) is 17.2 Å². The van der Waals surface area contributed by atoms with E-state index in [4.69, 9.17) is 4.42 Å². The van der Waals surface area contributed by atoms with Gasteiger partial charge < -0.3 is 9.73 Å². The quantitative estimate of drug-likeness (QED) is 0.873. The summed E-state index contributed by atoms with van der Waals surface area (Å²) in [6, 6.07) is 0. The molecule has 1 N–H and O–H groups in total. The maximum absolute atomic E-state index is 12.7. The third kappa shape index (κ3) is 4.08. The lowest BCUT2D eigenvalue weighted by Gasteiger charge is -2.33. The van der Waals surface area contributed by atoms with Gasteiger partial charge in [-0.2, -0.15) is 0 Å². The first-order valence-electron chi connectivity index (χ1n) is 8.69. The Bertz CT molecular complexity index is 672. The molecule has 1 amide bonds. The van der Waals surface area contributed by atoms with Crippen molar-refractivity contribution >= 4 is 11.7 Å². The summed E-state index contributed by atoms with van der Waals surface area (Å²) in [5.74, 6) is 0.790. The van der Waals surface area contributed by atoms with Crippen LogP contribution in [0.5, 0.6) is 0 Å². The molecule has 0 bridgehead atoms. The number of rotatable bonds is 3. The largest absolute Gasteiger partial charge is 0.455 e. The van der Waals surface area contributed by atoms with E-state index in [1.54, 1.807) is 0 Å². The standard InChI is InChI=1S/C20H31NO3/c1-12-15-13(22)9-19(5,6)10-14(15)24-16(12)17(23)21-20(7,8)11-18(2,3)4/h9-11H2,1-8H3,(H,21,23). The summed E-state index contributed by atoms with van der Waals surface area (Å²) in [6.07, 6.45) is 2.03. The van der Waals surface area contributed by atoms with Crippen LogP contribution in [0.1, 0.15) is 93.5 Å². The maximum Gasteiger partial charge on any atom is 0.287 e. The summed E-state index contributed by atoms with van der Waals surface area (Å²) >= 11 is 0. The van der Waals surface area contributed by atoms with E-state index in [0.717, 1.165) is 6.42 Å². The van der Waals surface area contributed by atoms with Crippen molar-refractivity contribution in [3.05, 3.63) is 22.6 Å². The SMILES string of the molecule is Cc1c(C(=O)NC(C)(C)CC(C)(C)C)oc2c1C(=O)CC(C)(C)C2. The van der Waals surface area contributed by atoms with Gasteiger partial charge in [-0.25, -0.2) is 0 Å². The first-order chi connectivity index (χ1) is 10.7. The molecule has 1 aromatic heterocycles. The molecule has 1 aromatic rings. The first-order valence-corrected chi connectivity index (χ1v) is 8.69. The zero-order valence-electron chi connectivity index (χ0n) is 16.3. The van der Waals surface area contributed by atoms with Crippen molar-refractivity contribution < 1.29 is 14.0 Å². The van der Waals surface area contributed by atoms with Gasteiger partial charge in [-0.15, -0.1) is 0 Å². The number of furan rings is 1. The Morgan fingerprint density at radius 3 is 2.29 bits per heavy atom. The Balaban J connectivity index is 2.28. The minimum Gasteiger partial charge on any atom is -0.455 e. The number of amides is 1. The molecule has 0 aromatic carbocycles. The Kier molecular flexibility index (Phi) is 4.49. The Labute approximate surface area is 145 Å². The van der Waals surface area contributed by atoms with Gasteiger partial charge in [0.25, 0.3) is 5.91 Å². The molecule has 134 valence electrons. The molecule has 0 aliphatic heterocycles. The van der Waals surface area contributed by atoms with Crippen LogP contribution < -0.4 is 5.32 Å². The summed E-state index contributed by atoms with van der Waals surface area (Å²) in [6.45, 7) is 16.4. The molecule has 0 fully saturated rings. The van der Waals surface area contributed by atoms with Crippen molar-refractivity contribution in [3.8, 4) is 0 Å². The van der Waals surface area contributed by atoms with Gasteiger partial charge in [0.1, 0.15) is 5.76 Å². The van der Waals surface area contributed by atoms with Crippen LogP contribution in [0, 0.1) is 17.8 Å². The highest BCUT2D eigenvalue weighted by Gasteiger charge is 2.38. The van der Waals surface area contributed by atoms with Gasteiger partial charge in [0.15, 0.2) is 11.5 Å². The number of fused-ring (bicyclic) bond motifs is 1. The third-order valence-corrected chi connectivity index (χ3v) is 4.41. The molecule has 0 unspecified atom stereocenters. The number of hydrogen-bond acceptors (Lipinski definition) is 3. The smallest absolute Gasteiger partial charge is 0.287 e. The second-order valence-corrected chi connectivity index (χ2v) is 9.87. The van der Waals surface area contributed by atoms with Crippen LogP contribution in [0.25, 0.3) is 0 Å². The highest BCUT2D eigenvalue weighted by molar-refractivity contribution is 6.03. The predicted molar refractivity (Wildman–Crippen MR) is 95.5 cm³/mol. The van der Waals surface area contributed by atoms with Crippen LogP contribution in [-0.2, 0) is 6.42 Å². The molecule has 24 heavy (non-hydrogen) atoms. The van der Waals surface area contributed by atoms with Crippen molar-refractivity contribution in [2.24, 2.45) is 10.8 Å². The van der Waals surface area contributed by atoms with Crippen LogP contribution in [0.2, 0.25) is 0 Å². The molecule has 0 atom stereocenters. The number of carbonyl (C=O) groups excluding carboxylic acids is 2. The van der Waals surface area contributed by atoms with E-state index in [-0.39, 0.29) is 33.8 Å². The predicted octanol–water partition coefficient (Wildman–Crippen LogP) is 4.69. The molecular formula is C20H31NO3. The number of hydrogen-bond donors (Lipinski definition) is 1. The summed E-state index contributed by atoms with van der Waals surface area (Å²) in [7, 11) is 0. The summed E-state index contributed by atoms with van der Waals surface area (Å²) in [4.78, 5) is 25.2. The molecule has 1 aliphatic carbocycles. The van der Waals surface area contributed by atoms with Gasteiger partial charge in [-0.05, 0) is 38.0 Å². The molecule has 0 radical (unpaired) electrons. The van der Waals surface area contributed by atoms with Crippen LogP contribution in [0.15, 0.2) is 4.42 Å². The average Bonchev–Trinajstić information content (AvgIpc) is 2.60. The molecule has 0 saturated heterocycles. The van der Waals surface area contributed by atoms with Crippen molar-refractivity contribution in [1.82, 2.24) is 5.32 Å². The number of carbonyl (C=O) groups is 2. The lowest BCUT2D eigenvalue weighted by atomic mass is 9.76. The first kappa shape index (κ1) is 18.8. The second kappa shape index (κ2) is 5.75. The maximum atomic E-state index is 12.7. The molecule has 0 saturated carbocycles. The Morgan fingerprint density at radius 1 is 1.17 bits per heavy atom. The number of Topliss-reactive ketones (excluding diaryl/α,β-unsaturated/α-hetero) is 1. The fourth-order valence-corrected chi connectivity index (χ4v) is 4.03. The number of nitrogens with one attached hydrogen (secondary N) is 1. The van der Waals surface area contributed by atoms with E-state index in [2.05, 4.69) is 39.9 Å². The minimum absolute atomic E-state index is 0.0792. The third-order valence-electron chi connectivity index (χ3n) is 4.41.